The smallest absolute Gasteiger partial charge is 0.0883 e. The fourth-order valence-electron chi connectivity index (χ4n) is 2.59. The Kier molecular flexibility index (Phi) is 3.94. The van der Waals surface area contributed by atoms with E-state index in [9.17, 15) is 0 Å². The average Bonchev–Trinajstić information content (AvgIpc) is 2.44. The Morgan fingerprint density at radius 3 is 1.94 bits per heavy atom. The molecule has 3 nitrogen and oxygen atoms in total. The molecular weight excluding hydrogens is 222 g/mol. The van der Waals surface area contributed by atoms with Gasteiger partial charge in [0, 0.05) is 18.2 Å². The van der Waals surface area contributed by atoms with Gasteiger partial charge in [0.1, 0.15) is 0 Å². The van der Waals surface area contributed by atoms with Gasteiger partial charge in [0.2, 0.25) is 0 Å². The third-order valence-electron chi connectivity index (χ3n) is 2.84. The van der Waals surface area contributed by atoms with Crippen molar-refractivity contribution in [2.75, 3.05) is 0 Å². The average molecular weight is 251 g/mol. The first-order chi connectivity index (χ1) is 7.89. The molecule has 0 amide bonds. The van der Waals surface area contributed by atoms with Crippen molar-refractivity contribution in [1.29, 1.82) is 0 Å². The van der Waals surface area contributed by atoms with Crippen LogP contribution in [0.3, 0.4) is 0 Å². The summed E-state index contributed by atoms with van der Waals surface area (Å²) in [5, 5.41) is 8.63. The minimum absolute atomic E-state index is 0.0778. The molecule has 3 heteroatoms. The van der Waals surface area contributed by atoms with E-state index in [1.807, 2.05) is 4.68 Å². The second-order valence-corrected chi connectivity index (χ2v) is 8.48. The van der Waals surface area contributed by atoms with Gasteiger partial charge in [0.15, 0.2) is 0 Å². The Balaban J connectivity index is 2.85. The van der Waals surface area contributed by atoms with Crippen LogP contribution in [0.15, 0.2) is 6.20 Å². The van der Waals surface area contributed by atoms with Gasteiger partial charge < -0.3 is 0 Å². The molecule has 0 saturated heterocycles. The molecule has 0 aromatic carbocycles. The maximum atomic E-state index is 4.37. The second-order valence-electron chi connectivity index (χ2n) is 8.48. The predicted molar refractivity (Wildman–Crippen MR) is 76.6 cm³/mol. The number of aromatic nitrogens is 3. The van der Waals surface area contributed by atoms with Crippen molar-refractivity contribution in [2.45, 2.75) is 73.8 Å². The predicted octanol–water partition coefficient (Wildman–Crippen LogP) is 4.04. The zero-order valence-electron chi connectivity index (χ0n) is 13.3. The van der Waals surface area contributed by atoms with E-state index in [2.05, 4.69) is 71.9 Å². The zero-order valence-corrected chi connectivity index (χ0v) is 13.3. The lowest BCUT2D eigenvalue weighted by molar-refractivity contribution is 0.279. The summed E-state index contributed by atoms with van der Waals surface area (Å²) < 4.78 is 1.97. The number of hydrogen-bond acceptors (Lipinski definition) is 2. The van der Waals surface area contributed by atoms with Crippen molar-refractivity contribution in [3.8, 4) is 0 Å². The van der Waals surface area contributed by atoms with Crippen molar-refractivity contribution in [2.24, 2.45) is 10.8 Å². The Morgan fingerprint density at radius 2 is 1.50 bits per heavy atom. The Hall–Kier alpha value is -0.860. The van der Waals surface area contributed by atoms with Crippen molar-refractivity contribution >= 4 is 0 Å². The summed E-state index contributed by atoms with van der Waals surface area (Å²) in [7, 11) is 0. The Labute approximate surface area is 112 Å². The van der Waals surface area contributed by atoms with Gasteiger partial charge in [-0.25, -0.2) is 0 Å². The lowest BCUT2D eigenvalue weighted by atomic mass is 9.74. The molecule has 0 radical (unpaired) electrons. The largest absolute Gasteiger partial charge is 0.252 e. The summed E-state index contributed by atoms with van der Waals surface area (Å²) in [4.78, 5) is 0. The molecular formula is C15H29N3. The highest BCUT2D eigenvalue weighted by Crippen LogP contribution is 2.35. The first kappa shape index (κ1) is 15.2. The van der Waals surface area contributed by atoms with E-state index in [0.29, 0.717) is 5.41 Å². The summed E-state index contributed by atoms with van der Waals surface area (Å²) in [6.07, 6.45) is 3.21. The van der Waals surface area contributed by atoms with Crippen LogP contribution in [0.4, 0.5) is 0 Å². The van der Waals surface area contributed by atoms with Gasteiger partial charge >= 0.3 is 0 Å². The van der Waals surface area contributed by atoms with Crippen molar-refractivity contribution < 1.29 is 0 Å². The quantitative estimate of drug-likeness (QED) is 0.811. The van der Waals surface area contributed by atoms with Crippen LogP contribution >= 0.6 is 0 Å². The van der Waals surface area contributed by atoms with E-state index < -0.39 is 0 Å². The number of rotatable bonds is 3. The fourth-order valence-corrected chi connectivity index (χ4v) is 2.59. The Bertz CT molecular complexity index is 389. The highest BCUT2D eigenvalue weighted by Gasteiger charge is 2.30. The normalized spacial score (nSPS) is 14.0. The first-order valence-corrected chi connectivity index (χ1v) is 6.80. The summed E-state index contributed by atoms with van der Waals surface area (Å²) >= 11 is 0. The fraction of sp³-hybridized carbons (Fsp3) is 0.867. The van der Waals surface area contributed by atoms with Crippen LogP contribution in [0.5, 0.6) is 0 Å². The summed E-state index contributed by atoms with van der Waals surface area (Å²) in [5.74, 6) is 0. The molecule has 18 heavy (non-hydrogen) atoms. The molecule has 1 aromatic heterocycles. The standard InChI is InChI=1S/C15H29N3/c1-13(2,3)10-15(7,8)12-9-18(17-16-12)11-14(4,5)6/h9H,10-11H2,1-8H3. The van der Waals surface area contributed by atoms with Crippen LogP contribution in [0.25, 0.3) is 0 Å². The summed E-state index contributed by atoms with van der Waals surface area (Å²) in [5.41, 5.74) is 1.71. The Morgan fingerprint density at radius 1 is 0.944 bits per heavy atom. The third-order valence-corrected chi connectivity index (χ3v) is 2.84. The van der Waals surface area contributed by atoms with E-state index in [0.717, 1.165) is 18.7 Å². The minimum atomic E-state index is 0.0778. The minimum Gasteiger partial charge on any atom is -0.252 e. The van der Waals surface area contributed by atoms with E-state index in [-0.39, 0.29) is 10.8 Å². The molecule has 0 aliphatic heterocycles. The van der Waals surface area contributed by atoms with Crippen molar-refractivity contribution in [3.05, 3.63) is 11.9 Å². The van der Waals surface area contributed by atoms with Crippen LogP contribution in [-0.2, 0) is 12.0 Å². The van der Waals surface area contributed by atoms with E-state index in [1.54, 1.807) is 0 Å². The van der Waals surface area contributed by atoms with Gasteiger partial charge in [-0.1, -0.05) is 60.6 Å². The molecule has 1 aromatic rings. The molecule has 0 bridgehead atoms. The molecule has 104 valence electrons. The van der Waals surface area contributed by atoms with Gasteiger partial charge in [0.25, 0.3) is 0 Å². The van der Waals surface area contributed by atoms with Crippen LogP contribution in [0.1, 0.15) is 67.5 Å². The van der Waals surface area contributed by atoms with Crippen LogP contribution in [0, 0.1) is 10.8 Å². The van der Waals surface area contributed by atoms with Gasteiger partial charge in [-0.05, 0) is 17.3 Å². The molecule has 0 saturated carbocycles. The van der Waals surface area contributed by atoms with E-state index >= 15 is 0 Å². The number of hydrogen-bond donors (Lipinski definition) is 0. The molecule has 0 N–H and O–H groups in total. The van der Waals surface area contributed by atoms with Crippen molar-refractivity contribution in [1.82, 2.24) is 15.0 Å². The molecule has 0 aliphatic carbocycles. The zero-order chi connectivity index (χ0) is 14.2. The van der Waals surface area contributed by atoms with Crippen LogP contribution < -0.4 is 0 Å². The van der Waals surface area contributed by atoms with Crippen molar-refractivity contribution in [3.63, 3.8) is 0 Å². The maximum absolute atomic E-state index is 4.37. The lowest BCUT2D eigenvalue weighted by Gasteiger charge is -2.30. The first-order valence-electron chi connectivity index (χ1n) is 6.80. The molecule has 0 spiro atoms. The molecule has 0 unspecified atom stereocenters. The molecule has 0 fully saturated rings. The molecule has 0 aliphatic rings. The lowest BCUT2D eigenvalue weighted by Crippen LogP contribution is -2.25. The summed E-state index contributed by atoms with van der Waals surface area (Å²) in [6.45, 7) is 18.9. The molecule has 0 atom stereocenters. The monoisotopic (exact) mass is 251 g/mol. The van der Waals surface area contributed by atoms with Crippen LogP contribution in [0.2, 0.25) is 0 Å². The van der Waals surface area contributed by atoms with Gasteiger partial charge in [-0.15, -0.1) is 5.10 Å². The van der Waals surface area contributed by atoms with E-state index in [1.165, 1.54) is 0 Å². The second kappa shape index (κ2) is 4.67. The van der Waals surface area contributed by atoms with Gasteiger partial charge in [-0.2, -0.15) is 0 Å². The SMILES string of the molecule is CC(C)(C)Cn1cc(C(C)(C)CC(C)(C)C)nn1. The highest BCUT2D eigenvalue weighted by atomic mass is 15.4. The van der Waals surface area contributed by atoms with Crippen LogP contribution in [-0.4, -0.2) is 15.0 Å². The van der Waals surface area contributed by atoms with Gasteiger partial charge in [0.05, 0.1) is 5.69 Å². The molecule has 1 heterocycles. The van der Waals surface area contributed by atoms with E-state index in [4.69, 9.17) is 0 Å². The highest BCUT2D eigenvalue weighted by molar-refractivity contribution is 5.09. The maximum Gasteiger partial charge on any atom is 0.0883 e. The third kappa shape index (κ3) is 4.79. The van der Waals surface area contributed by atoms with Gasteiger partial charge in [-0.3, -0.25) is 4.68 Å². The number of nitrogens with zero attached hydrogens (tertiary/aromatic N) is 3. The topological polar surface area (TPSA) is 30.7 Å². The summed E-state index contributed by atoms with van der Waals surface area (Å²) in [6, 6.07) is 0. The molecule has 1 rings (SSSR count).